The summed E-state index contributed by atoms with van der Waals surface area (Å²) >= 11 is 3.35. The number of carbonyl (C=O) groups is 1. The first-order valence-electron chi connectivity index (χ1n) is 5.79. The minimum absolute atomic E-state index is 0.0928. The van der Waals surface area contributed by atoms with Crippen molar-refractivity contribution < 1.29 is 4.79 Å². The number of halogens is 1. The molecule has 0 aliphatic rings. The van der Waals surface area contributed by atoms with Crippen molar-refractivity contribution >= 4 is 27.5 Å². The molecule has 5 heteroatoms. The van der Waals surface area contributed by atoms with Gasteiger partial charge in [0.15, 0.2) is 0 Å². The van der Waals surface area contributed by atoms with Crippen molar-refractivity contribution in [3.05, 3.63) is 58.3 Å². The highest BCUT2D eigenvalue weighted by Gasteiger charge is 2.16. The van der Waals surface area contributed by atoms with E-state index in [1.807, 2.05) is 18.2 Å². The highest BCUT2D eigenvalue weighted by atomic mass is 79.9. The number of aromatic nitrogens is 1. The second-order valence-corrected chi connectivity index (χ2v) is 4.98. The zero-order valence-electron chi connectivity index (χ0n) is 10.5. The molecule has 2 aromatic rings. The number of carbonyl (C=O) groups excluding carboxylic acids is 1. The van der Waals surface area contributed by atoms with E-state index in [9.17, 15) is 4.79 Å². The van der Waals surface area contributed by atoms with Crippen molar-refractivity contribution in [2.45, 2.75) is 6.54 Å². The minimum atomic E-state index is -0.0928. The summed E-state index contributed by atoms with van der Waals surface area (Å²) in [5.74, 6) is -0.0928. The molecule has 0 aliphatic heterocycles. The molecule has 0 aliphatic carbocycles. The van der Waals surface area contributed by atoms with Crippen LogP contribution in [0.3, 0.4) is 0 Å². The van der Waals surface area contributed by atoms with Gasteiger partial charge in [0.1, 0.15) is 0 Å². The molecule has 0 spiro atoms. The van der Waals surface area contributed by atoms with Crippen molar-refractivity contribution in [2.75, 3.05) is 12.8 Å². The third-order valence-electron chi connectivity index (χ3n) is 2.73. The molecular weight excluding hydrogens is 306 g/mol. The van der Waals surface area contributed by atoms with Gasteiger partial charge >= 0.3 is 0 Å². The second kappa shape index (κ2) is 5.84. The van der Waals surface area contributed by atoms with Crippen LogP contribution in [-0.2, 0) is 6.54 Å². The maximum absolute atomic E-state index is 12.3. The number of nitrogens with two attached hydrogens (primary N) is 1. The summed E-state index contributed by atoms with van der Waals surface area (Å²) in [5.41, 5.74) is 7.73. The van der Waals surface area contributed by atoms with Gasteiger partial charge in [-0.1, -0.05) is 12.1 Å². The third kappa shape index (κ3) is 3.12. The quantitative estimate of drug-likeness (QED) is 0.885. The SMILES string of the molecule is CN(Cc1ccccn1)C(=O)c1cccc(N)c1Br. The number of hydrogen-bond acceptors (Lipinski definition) is 3. The van der Waals surface area contributed by atoms with Crippen LogP contribution < -0.4 is 5.73 Å². The lowest BCUT2D eigenvalue weighted by atomic mass is 10.1. The number of anilines is 1. The van der Waals surface area contributed by atoms with E-state index >= 15 is 0 Å². The molecule has 1 aromatic carbocycles. The van der Waals surface area contributed by atoms with E-state index in [2.05, 4.69) is 20.9 Å². The van der Waals surface area contributed by atoms with Gasteiger partial charge in [0.05, 0.1) is 22.3 Å². The van der Waals surface area contributed by atoms with Gasteiger partial charge in [0, 0.05) is 18.9 Å². The van der Waals surface area contributed by atoms with Crippen LogP contribution in [-0.4, -0.2) is 22.8 Å². The van der Waals surface area contributed by atoms with Gasteiger partial charge in [0.2, 0.25) is 0 Å². The lowest BCUT2D eigenvalue weighted by molar-refractivity contribution is 0.0782. The van der Waals surface area contributed by atoms with Crippen LogP contribution in [0.4, 0.5) is 5.69 Å². The van der Waals surface area contributed by atoms with Gasteiger partial charge in [0.25, 0.3) is 5.91 Å². The van der Waals surface area contributed by atoms with E-state index in [1.165, 1.54) is 0 Å². The lowest BCUT2D eigenvalue weighted by Crippen LogP contribution is -2.27. The summed E-state index contributed by atoms with van der Waals surface area (Å²) < 4.78 is 0.632. The molecule has 0 unspecified atom stereocenters. The molecule has 0 atom stereocenters. The van der Waals surface area contributed by atoms with Crippen LogP contribution in [0.2, 0.25) is 0 Å². The number of amides is 1. The molecule has 4 nitrogen and oxygen atoms in total. The van der Waals surface area contributed by atoms with E-state index < -0.39 is 0 Å². The Kier molecular flexibility index (Phi) is 4.16. The average molecular weight is 320 g/mol. The van der Waals surface area contributed by atoms with E-state index in [1.54, 1.807) is 36.3 Å². The summed E-state index contributed by atoms with van der Waals surface area (Å²) in [6, 6.07) is 10.9. The van der Waals surface area contributed by atoms with Gasteiger partial charge < -0.3 is 10.6 Å². The Morgan fingerprint density at radius 3 is 2.79 bits per heavy atom. The van der Waals surface area contributed by atoms with Gasteiger partial charge in [-0.25, -0.2) is 0 Å². The van der Waals surface area contributed by atoms with E-state index in [0.717, 1.165) is 5.69 Å². The molecule has 2 rings (SSSR count). The fraction of sp³-hybridized carbons (Fsp3) is 0.143. The fourth-order valence-electron chi connectivity index (χ4n) is 1.73. The zero-order valence-corrected chi connectivity index (χ0v) is 12.1. The fourth-order valence-corrected chi connectivity index (χ4v) is 2.16. The van der Waals surface area contributed by atoms with Crippen LogP contribution in [0.25, 0.3) is 0 Å². The van der Waals surface area contributed by atoms with Crippen molar-refractivity contribution in [1.82, 2.24) is 9.88 Å². The summed E-state index contributed by atoms with van der Waals surface area (Å²) in [4.78, 5) is 18.2. The summed E-state index contributed by atoms with van der Waals surface area (Å²) in [6.07, 6.45) is 1.71. The first-order chi connectivity index (χ1) is 9.09. The molecular formula is C14H14BrN3O. The van der Waals surface area contributed by atoms with Crippen molar-refractivity contribution in [3.63, 3.8) is 0 Å². The topological polar surface area (TPSA) is 59.2 Å². The standard InChI is InChI=1S/C14H14BrN3O/c1-18(9-10-5-2-3-8-17-10)14(19)11-6-4-7-12(16)13(11)15/h2-8H,9,16H2,1H3. The number of rotatable bonds is 3. The number of hydrogen-bond donors (Lipinski definition) is 1. The number of nitrogen functional groups attached to an aromatic ring is 1. The molecule has 0 saturated heterocycles. The largest absolute Gasteiger partial charge is 0.398 e. The number of nitrogens with zero attached hydrogens (tertiary/aromatic N) is 2. The summed E-state index contributed by atoms with van der Waals surface area (Å²) in [7, 11) is 1.74. The number of pyridine rings is 1. The predicted octanol–water partition coefficient (Wildman–Crippen LogP) is 2.70. The summed E-state index contributed by atoms with van der Waals surface area (Å²) in [6.45, 7) is 0.459. The molecule has 1 amide bonds. The normalized spacial score (nSPS) is 10.2. The van der Waals surface area contributed by atoms with Gasteiger partial charge in [-0.3, -0.25) is 9.78 Å². The van der Waals surface area contributed by atoms with Crippen LogP contribution >= 0.6 is 15.9 Å². The molecule has 0 radical (unpaired) electrons. The highest BCUT2D eigenvalue weighted by molar-refractivity contribution is 9.10. The van der Waals surface area contributed by atoms with Crippen LogP contribution in [0.15, 0.2) is 47.1 Å². The average Bonchev–Trinajstić information content (AvgIpc) is 2.42. The van der Waals surface area contributed by atoms with Crippen LogP contribution in [0.5, 0.6) is 0 Å². The van der Waals surface area contributed by atoms with E-state index in [4.69, 9.17) is 5.73 Å². The maximum atomic E-state index is 12.3. The van der Waals surface area contributed by atoms with Gasteiger partial charge in [-0.15, -0.1) is 0 Å². The highest BCUT2D eigenvalue weighted by Crippen LogP contribution is 2.24. The summed E-state index contributed by atoms with van der Waals surface area (Å²) in [5, 5.41) is 0. The molecule has 19 heavy (non-hydrogen) atoms. The predicted molar refractivity (Wildman–Crippen MR) is 78.6 cm³/mol. The first kappa shape index (κ1) is 13.5. The van der Waals surface area contributed by atoms with Crippen molar-refractivity contribution in [3.8, 4) is 0 Å². The molecule has 1 heterocycles. The van der Waals surface area contributed by atoms with E-state index in [-0.39, 0.29) is 5.91 Å². The Bertz CT molecular complexity index is 586. The Morgan fingerprint density at radius 2 is 2.11 bits per heavy atom. The molecule has 0 bridgehead atoms. The molecule has 0 saturated carbocycles. The van der Waals surface area contributed by atoms with E-state index in [0.29, 0.717) is 22.3 Å². The second-order valence-electron chi connectivity index (χ2n) is 4.19. The van der Waals surface area contributed by atoms with Gasteiger partial charge in [-0.2, -0.15) is 0 Å². The minimum Gasteiger partial charge on any atom is -0.398 e. The Hall–Kier alpha value is -1.88. The zero-order chi connectivity index (χ0) is 13.8. The number of benzene rings is 1. The Morgan fingerprint density at radius 1 is 1.32 bits per heavy atom. The smallest absolute Gasteiger partial charge is 0.255 e. The molecule has 0 fully saturated rings. The Balaban J connectivity index is 2.18. The molecule has 1 aromatic heterocycles. The van der Waals surface area contributed by atoms with Crippen molar-refractivity contribution in [1.29, 1.82) is 0 Å². The molecule has 2 N–H and O–H groups in total. The lowest BCUT2D eigenvalue weighted by Gasteiger charge is -2.18. The van der Waals surface area contributed by atoms with Crippen molar-refractivity contribution in [2.24, 2.45) is 0 Å². The van der Waals surface area contributed by atoms with Crippen LogP contribution in [0, 0.1) is 0 Å². The van der Waals surface area contributed by atoms with Crippen LogP contribution in [0.1, 0.15) is 16.1 Å². The first-order valence-corrected chi connectivity index (χ1v) is 6.58. The molecule has 98 valence electrons. The van der Waals surface area contributed by atoms with Gasteiger partial charge in [-0.05, 0) is 40.2 Å². The maximum Gasteiger partial charge on any atom is 0.255 e. The monoisotopic (exact) mass is 319 g/mol. The third-order valence-corrected chi connectivity index (χ3v) is 3.62. The Labute approximate surface area is 120 Å².